The van der Waals surface area contributed by atoms with Gasteiger partial charge in [0.15, 0.2) is 0 Å². The maximum absolute atomic E-state index is 13.1. The molecule has 0 aliphatic carbocycles. The van der Waals surface area contributed by atoms with Gasteiger partial charge in [0.2, 0.25) is 0 Å². The van der Waals surface area contributed by atoms with Crippen LogP contribution in [0.5, 0.6) is 17.2 Å². The lowest BCUT2D eigenvalue weighted by atomic mass is 9.94. The molecule has 1 atom stereocenters. The number of methoxy groups -OCH3 is 2. The van der Waals surface area contributed by atoms with Gasteiger partial charge in [0, 0.05) is 18.7 Å². The number of rotatable bonds is 9. The largest absolute Gasteiger partial charge is 0.497 e. The monoisotopic (exact) mass is 454 g/mol. The molecule has 8 heteroatoms. The molecule has 2 aromatic rings. The maximum atomic E-state index is 13.1. The molecule has 176 valence electrons. The van der Waals surface area contributed by atoms with Crippen LogP contribution in [0.1, 0.15) is 31.0 Å². The summed E-state index contributed by atoms with van der Waals surface area (Å²) in [6.45, 7) is 4.00. The molecule has 0 radical (unpaired) electrons. The molecule has 1 N–H and O–H groups in total. The van der Waals surface area contributed by atoms with Crippen molar-refractivity contribution in [3.8, 4) is 17.2 Å². The summed E-state index contributed by atoms with van der Waals surface area (Å²) in [6, 6.07) is 11.8. The first kappa shape index (κ1) is 24.0. The number of aryl methyl sites for hydroxylation is 1. The van der Waals surface area contributed by atoms with Gasteiger partial charge >= 0.3 is 12.0 Å². The molecule has 3 rings (SSSR count). The van der Waals surface area contributed by atoms with E-state index in [1.54, 1.807) is 39.3 Å². The van der Waals surface area contributed by atoms with Crippen molar-refractivity contribution in [3.05, 3.63) is 64.9 Å². The molecule has 1 heterocycles. The topological polar surface area (TPSA) is 86.3 Å². The Hall–Kier alpha value is -3.68. The van der Waals surface area contributed by atoms with Gasteiger partial charge in [0.05, 0.1) is 38.1 Å². The van der Waals surface area contributed by atoms with Gasteiger partial charge in [-0.25, -0.2) is 9.59 Å². The minimum Gasteiger partial charge on any atom is -0.497 e. The van der Waals surface area contributed by atoms with E-state index in [0.717, 1.165) is 12.0 Å². The van der Waals surface area contributed by atoms with Crippen molar-refractivity contribution in [2.45, 2.75) is 26.3 Å². The number of nitrogens with zero attached hydrogens (tertiary/aromatic N) is 1. The number of likely N-dealkylation sites (N-methyl/N-ethyl adjacent to an activating group) is 1. The second-order valence-corrected chi connectivity index (χ2v) is 7.42. The predicted octanol–water partition coefficient (Wildman–Crippen LogP) is 3.86. The smallest absolute Gasteiger partial charge is 0.338 e. The molecule has 0 aromatic heterocycles. The lowest BCUT2D eigenvalue weighted by Gasteiger charge is -2.35. The van der Waals surface area contributed by atoms with E-state index in [4.69, 9.17) is 18.9 Å². The normalized spacial score (nSPS) is 15.7. The van der Waals surface area contributed by atoms with Gasteiger partial charge in [-0.3, -0.25) is 4.90 Å². The fraction of sp³-hybridized carbons (Fsp3) is 0.360. The van der Waals surface area contributed by atoms with Crippen molar-refractivity contribution in [2.75, 3.05) is 34.5 Å². The zero-order chi connectivity index (χ0) is 24.0. The molecule has 2 amide bonds. The van der Waals surface area contributed by atoms with Gasteiger partial charge in [0.25, 0.3) is 0 Å². The minimum absolute atomic E-state index is 0.0141. The van der Waals surface area contributed by atoms with Gasteiger partial charge in [-0.15, -0.1) is 0 Å². The Morgan fingerprint density at radius 2 is 1.85 bits per heavy atom. The first-order valence-electron chi connectivity index (χ1n) is 10.8. The third-order valence-electron chi connectivity index (χ3n) is 5.51. The molecular weight excluding hydrogens is 424 g/mol. The number of carbonyl (C=O) groups is 2. The molecule has 1 aliphatic rings. The van der Waals surface area contributed by atoms with Crippen LogP contribution in [-0.2, 0) is 16.0 Å². The quantitative estimate of drug-likeness (QED) is 0.579. The van der Waals surface area contributed by atoms with Crippen LogP contribution < -0.4 is 19.5 Å². The molecule has 8 nitrogen and oxygen atoms in total. The SMILES string of the molecule is CCOC(=O)C1=C(COc2cccc(CC)c2)N(C)C(=O)NC1c1ccc(OC)cc1OC. The van der Waals surface area contributed by atoms with Crippen LogP contribution in [0.25, 0.3) is 0 Å². The highest BCUT2D eigenvalue weighted by Crippen LogP contribution is 2.37. The highest BCUT2D eigenvalue weighted by molar-refractivity contribution is 5.95. The van der Waals surface area contributed by atoms with Crippen molar-refractivity contribution in [2.24, 2.45) is 0 Å². The molecule has 33 heavy (non-hydrogen) atoms. The third-order valence-corrected chi connectivity index (χ3v) is 5.51. The van der Waals surface area contributed by atoms with Crippen LogP contribution in [-0.4, -0.2) is 51.4 Å². The molecule has 0 fully saturated rings. The lowest BCUT2D eigenvalue weighted by molar-refractivity contribution is -0.139. The molecular formula is C25H30N2O6. The van der Waals surface area contributed by atoms with E-state index in [0.29, 0.717) is 28.5 Å². The number of carbonyl (C=O) groups excluding carboxylic acids is 2. The van der Waals surface area contributed by atoms with Crippen molar-refractivity contribution < 1.29 is 28.5 Å². The Kier molecular flexibility index (Phi) is 7.82. The van der Waals surface area contributed by atoms with Gasteiger partial charge in [-0.05, 0) is 43.2 Å². The summed E-state index contributed by atoms with van der Waals surface area (Å²) < 4.78 is 22.2. The van der Waals surface area contributed by atoms with Crippen molar-refractivity contribution in [1.82, 2.24) is 10.2 Å². The van der Waals surface area contributed by atoms with Crippen molar-refractivity contribution in [3.63, 3.8) is 0 Å². The summed E-state index contributed by atoms with van der Waals surface area (Å²) in [6.07, 6.45) is 0.871. The number of hydrogen-bond acceptors (Lipinski definition) is 6. The first-order chi connectivity index (χ1) is 15.9. The molecule has 1 unspecified atom stereocenters. The highest BCUT2D eigenvalue weighted by atomic mass is 16.5. The molecule has 0 saturated carbocycles. The van der Waals surface area contributed by atoms with E-state index in [2.05, 4.69) is 12.2 Å². The van der Waals surface area contributed by atoms with Gasteiger partial charge in [-0.1, -0.05) is 19.1 Å². The van der Waals surface area contributed by atoms with Crippen molar-refractivity contribution in [1.29, 1.82) is 0 Å². The Morgan fingerprint density at radius 1 is 1.06 bits per heavy atom. The second-order valence-electron chi connectivity index (χ2n) is 7.42. The number of hydrogen-bond donors (Lipinski definition) is 1. The maximum Gasteiger partial charge on any atom is 0.338 e. The number of urea groups is 1. The number of ether oxygens (including phenoxy) is 4. The van der Waals surface area contributed by atoms with E-state index in [1.165, 1.54) is 12.0 Å². The Labute approximate surface area is 194 Å². The van der Waals surface area contributed by atoms with Crippen LogP contribution in [0.2, 0.25) is 0 Å². The molecule has 1 aliphatic heterocycles. The Bertz CT molecular complexity index is 1050. The van der Waals surface area contributed by atoms with Crippen LogP contribution >= 0.6 is 0 Å². The van der Waals surface area contributed by atoms with Gasteiger partial charge in [0.1, 0.15) is 23.9 Å². The molecule has 0 bridgehead atoms. The van der Waals surface area contributed by atoms with Crippen LogP contribution in [0, 0.1) is 0 Å². The summed E-state index contributed by atoms with van der Waals surface area (Å²) in [5, 5.41) is 2.88. The summed E-state index contributed by atoms with van der Waals surface area (Å²) in [5.41, 5.74) is 2.44. The zero-order valence-corrected chi connectivity index (χ0v) is 19.6. The van der Waals surface area contributed by atoms with E-state index in [9.17, 15) is 9.59 Å². The highest BCUT2D eigenvalue weighted by Gasteiger charge is 2.38. The van der Waals surface area contributed by atoms with E-state index in [-0.39, 0.29) is 24.8 Å². The van der Waals surface area contributed by atoms with Crippen LogP contribution in [0.4, 0.5) is 4.79 Å². The van der Waals surface area contributed by atoms with E-state index < -0.39 is 12.0 Å². The van der Waals surface area contributed by atoms with E-state index in [1.807, 2.05) is 24.3 Å². The number of amides is 2. The molecule has 0 saturated heterocycles. The molecule has 0 spiro atoms. The summed E-state index contributed by atoms with van der Waals surface area (Å²) >= 11 is 0. The van der Waals surface area contributed by atoms with Gasteiger partial charge in [-0.2, -0.15) is 0 Å². The fourth-order valence-corrected chi connectivity index (χ4v) is 3.68. The first-order valence-corrected chi connectivity index (χ1v) is 10.8. The number of nitrogens with one attached hydrogen (secondary N) is 1. The van der Waals surface area contributed by atoms with Crippen molar-refractivity contribution >= 4 is 12.0 Å². The average Bonchev–Trinajstić information content (AvgIpc) is 2.84. The lowest BCUT2D eigenvalue weighted by Crippen LogP contribution is -2.48. The Morgan fingerprint density at radius 3 is 2.52 bits per heavy atom. The predicted molar refractivity (Wildman–Crippen MR) is 124 cm³/mol. The second kappa shape index (κ2) is 10.8. The van der Waals surface area contributed by atoms with Crippen LogP contribution in [0.3, 0.4) is 0 Å². The fourth-order valence-electron chi connectivity index (χ4n) is 3.68. The zero-order valence-electron chi connectivity index (χ0n) is 19.6. The minimum atomic E-state index is -0.783. The third kappa shape index (κ3) is 5.22. The Balaban J connectivity index is 2.07. The van der Waals surface area contributed by atoms with E-state index >= 15 is 0 Å². The number of esters is 1. The summed E-state index contributed by atoms with van der Waals surface area (Å²) in [7, 11) is 4.67. The summed E-state index contributed by atoms with van der Waals surface area (Å²) in [5.74, 6) is 1.19. The van der Waals surface area contributed by atoms with Crippen LogP contribution in [0.15, 0.2) is 53.7 Å². The molecule has 2 aromatic carbocycles. The average molecular weight is 455 g/mol. The van der Waals surface area contributed by atoms with Gasteiger partial charge < -0.3 is 24.3 Å². The number of benzene rings is 2. The summed E-state index contributed by atoms with van der Waals surface area (Å²) in [4.78, 5) is 27.3. The standard InChI is InChI=1S/C25H30N2O6/c1-6-16-9-8-10-18(13-16)33-15-20-22(24(28)32-7-2)23(26-25(29)27(20)3)19-12-11-17(30-4)14-21(19)31-5/h8-14,23H,6-7,15H2,1-5H3,(H,26,29).